The van der Waals surface area contributed by atoms with Crippen molar-refractivity contribution < 1.29 is 20.1 Å². The molecule has 4 rings (SSSR count). The summed E-state index contributed by atoms with van der Waals surface area (Å²) in [5.74, 6) is 0.307. The minimum atomic E-state index is -1.20. The van der Waals surface area contributed by atoms with E-state index in [1.54, 1.807) is 17.0 Å². The van der Waals surface area contributed by atoms with Crippen LogP contribution in [0.4, 0.5) is 5.82 Å². The molecule has 1 aliphatic rings. The van der Waals surface area contributed by atoms with E-state index >= 15 is 0 Å². The number of nitrogens with two attached hydrogens (primary N) is 1. The molecule has 1 fully saturated rings. The van der Waals surface area contributed by atoms with Crippen molar-refractivity contribution >= 4 is 16.9 Å². The van der Waals surface area contributed by atoms with Crippen molar-refractivity contribution in [1.82, 2.24) is 19.5 Å². The Morgan fingerprint density at radius 2 is 2.12 bits per heavy atom. The Bertz CT molecular complexity index is 862. The topological polar surface area (TPSA) is 142 Å². The lowest BCUT2D eigenvalue weighted by Crippen LogP contribution is -2.33. The second-order valence-corrected chi connectivity index (χ2v) is 5.74. The zero-order chi connectivity index (χ0) is 16.8. The normalized spacial score (nSPS) is 27.1. The molecule has 4 atom stereocenters. The molecule has 9 nitrogen and oxygen atoms in total. The van der Waals surface area contributed by atoms with Gasteiger partial charge < -0.3 is 35.3 Å². The zero-order valence-corrected chi connectivity index (χ0v) is 12.6. The summed E-state index contributed by atoms with van der Waals surface area (Å²) in [6, 6.07) is 1.88. The highest BCUT2D eigenvalue weighted by atomic mass is 16.6. The number of H-pyrrole nitrogens is 1. The third-order valence-electron chi connectivity index (χ3n) is 4.34. The van der Waals surface area contributed by atoms with Crippen molar-refractivity contribution in [3.63, 3.8) is 0 Å². The van der Waals surface area contributed by atoms with E-state index in [0.717, 1.165) is 11.1 Å². The molecule has 0 bridgehead atoms. The van der Waals surface area contributed by atoms with Gasteiger partial charge in [0.2, 0.25) is 0 Å². The molecule has 0 amide bonds. The van der Waals surface area contributed by atoms with Crippen molar-refractivity contribution in [3.8, 4) is 11.1 Å². The molecule has 1 saturated heterocycles. The molecule has 0 aliphatic carbocycles. The summed E-state index contributed by atoms with van der Waals surface area (Å²) in [4.78, 5) is 11.3. The summed E-state index contributed by atoms with van der Waals surface area (Å²) in [6.45, 7) is -0.393. The number of aromatic nitrogens is 4. The molecule has 6 N–H and O–H groups in total. The van der Waals surface area contributed by atoms with E-state index in [9.17, 15) is 15.3 Å². The number of ether oxygens (including phenoxy) is 1. The van der Waals surface area contributed by atoms with Crippen LogP contribution in [0.2, 0.25) is 0 Å². The second kappa shape index (κ2) is 5.56. The summed E-state index contributed by atoms with van der Waals surface area (Å²) in [5, 5.41) is 30.2. The molecule has 0 spiro atoms. The molecule has 2 unspecified atom stereocenters. The maximum atomic E-state index is 10.3. The van der Waals surface area contributed by atoms with Gasteiger partial charge in [0.25, 0.3) is 0 Å². The maximum absolute atomic E-state index is 10.3. The van der Waals surface area contributed by atoms with E-state index in [4.69, 9.17) is 10.5 Å². The Kier molecular flexibility index (Phi) is 3.50. The van der Waals surface area contributed by atoms with Crippen LogP contribution in [-0.2, 0) is 4.74 Å². The summed E-state index contributed by atoms with van der Waals surface area (Å²) in [6.07, 6.45) is 2.53. The third-order valence-corrected chi connectivity index (χ3v) is 4.34. The lowest BCUT2D eigenvalue weighted by Gasteiger charge is -2.17. The molecule has 3 aromatic rings. The molecule has 4 heterocycles. The number of nitrogens with zero attached hydrogens (tertiary/aromatic N) is 3. The number of aliphatic hydroxyl groups is 3. The summed E-state index contributed by atoms with van der Waals surface area (Å²) >= 11 is 0. The van der Waals surface area contributed by atoms with Gasteiger partial charge in [0.05, 0.1) is 12.0 Å². The summed E-state index contributed by atoms with van der Waals surface area (Å²) < 4.78 is 7.21. The molecule has 0 radical (unpaired) electrons. The number of fused-ring (bicyclic) bond motifs is 1. The van der Waals surface area contributed by atoms with Crippen molar-refractivity contribution in [2.75, 3.05) is 12.3 Å². The largest absolute Gasteiger partial charge is 0.394 e. The van der Waals surface area contributed by atoms with E-state index < -0.39 is 31.1 Å². The Labute approximate surface area is 136 Å². The zero-order valence-electron chi connectivity index (χ0n) is 12.6. The van der Waals surface area contributed by atoms with E-state index in [2.05, 4.69) is 15.0 Å². The van der Waals surface area contributed by atoms with Crippen LogP contribution in [0.25, 0.3) is 22.2 Å². The minimum absolute atomic E-state index is 0.307. The van der Waals surface area contributed by atoms with Gasteiger partial charge in [-0.05, 0) is 6.07 Å². The lowest BCUT2D eigenvalue weighted by molar-refractivity contribution is -0.0508. The molecule has 3 aromatic heterocycles. The number of aliphatic hydroxyl groups excluding tert-OH is 3. The SMILES string of the molecule is Nc1ncnc2c1c(-c1cc[nH]c1)cn2[C@@H]1O[C@H](CO)C(O)C1O. The summed E-state index contributed by atoms with van der Waals surface area (Å²) in [5.41, 5.74) is 8.16. The van der Waals surface area contributed by atoms with Crippen LogP contribution in [-0.4, -0.2) is 59.8 Å². The highest BCUT2D eigenvalue weighted by molar-refractivity contribution is 6.00. The molecule has 1 aliphatic heterocycles. The number of nitrogen functional groups attached to an aromatic ring is 1. The third kappa shape index (κ3) is 2.10. The molecule has 0 saturated carbocycles. The first-order chi connectivity index (χ1) is 11.6. The second-order valence-electron chi connectivity index (χ2n) is 5.74. The standard InChI is InChI=1S/C15H17N5O4/c16-13-10-8(7-1-2-17-3-7)4-20(14(10)19-6-18-13)15-12(23)11(22)9(5-21)24-15/h1-4,6,9,11-12,15,17,21-23H,5H2,(H2,16,18,19)/t9-,11?,12?,15-/m1/s1. The summed E-state index contributed by atoms with van der Waals surface area (Å²) in [7, 11) is 0. The molecule has 24 heavy (non-hydrogen) atoms. The number of anilines is 1. The van der Waals surface area contributed by atoms with Gasteiger partial charge in [0.1, 0.15) is 36.1 Å². The van der Waals surface area contributed by atoms with Crippen LogP contribution >= 0.6 is 0 Å². The number of nitrogens with one attached hydrogen (secondary N) is 1. The van der Waals surface area contributed by atoms with Crippen LogP contribution in [0.15, 0.2) is 31.0 Å². The van der Waals surface area contributed by atoms with Crippen LogP contribution in [0.3, 0.4) is 0 Å². The Morgan fingerprint density at radius 1 is 1.29 bits per heavy atom. The molecule has 9 heteroatoms. The van der Waals surface area contributed by atoms with Crippen molar-refractivity contribution in [1.29, 1.82) is 0 Å². The highest BCUT2D eigenvalue weighted by Gasteiger charge is 2.44. The fourth-order valence-corrected chi connectivity index (χ4v) is 3.12. The lowest BCUT2D eigenvalue weighted by atomic mass is 10.1. The van der Waals surface area contributed by atoms with Gasteiger partial charge in [0, 0.05) is 29.7 Å². The van der Waals surface area contributed by atoms with Gasteiger partial charge in [-0.1, -0.05) is 0 Å². The van der Waals surface area contributed by atoms with Crippen molar-refractivity contribution in [2.24, 2.45) is 0 Å². The first-order valence-corrected chi connectivity index (χ1v) is 7.48. The van der Waals surface area contributed by atoms with Gasteiger partial charge in [-0.15, -0.1) is 0 Å². The average molecular weight is 331 g/mol. The predicted octanol–water partition coefficient (Wildman–Crippen LogP) is -0.380. The Balaban J connectivity index is 1.90. The van der Waals surface area contributed by atoms with Gasteiger partial charge in [-0.2, -0.15) is 0 Å². The first-order valence-electron chi connectivity index (χ1n) is 7.48. The molecule has 126 valence electrons. The van der Waals surface area contributed by atoms with Gasteiger partial charge in [-0.3, -0.25) is 0 Å². The van der Waals surface area contributed by atoms with Crippen LogP contribution < -0.4 is 5.73 Å². The number of aromatic amines is 1. The van der Waals surface area contributed by atoms with Crippen molar-refractivity contribution in [2.45, 2.75) is 24.5 Å². The van der Waals surface area contributed by atoms with Crippen LogP contribution in [0, 0.1) is 0 Å². The molecular weight excluding hydrogens is 314 g/mol. The number of rotatable bonds is 3. The van der Waals surface area contributed by atoms with E-state index in [0.29, 0.717) is 16.9 Å². The van der Waals surface area contributed by atoms with Crippen LogP contribution in [0.1, 0.15) is 6.23 Å². The van der Waals surface area contributed by atoms with E-state index in [1.807, 2.05) is 12.3 Å². The van der Waals surface area contributed by atoms with E-state index in [-0.39, 0.29) is 0 Å². The van der Waals surface area contributed by atoms with Gasteiger partial charge in [-0.25, -0.2) is 9.97 Å². The molecular formula is C15H17N5O4. The minimum Gasteiger partial charge on any atom is -0.394 e. The number of hydrogen-bond donors (Lipinski definition) is 5. The monoisotopic (exact) mass is 331 g/mol. The smallest absolute Gasteiger partial charge is 0.164 e. The fraction of sp³-hybridized carbons (Fsp3) is 0.333. The quantitative estimate of drug-likeness (QED) is 0.440. The Hall–Kier alpha value is -2.46. The van der Waals surface area contributed by atoms with Gasteiger partial charge >= 0.3 is 0 Å². The maximum Gasteiger partial charge on any atom is 0.164 e. The molecule has 0 aromatic carbocycles. The highest BCUT2D eigenvalue weighted by Crippen LogP contribution is 2.38. The predicted molar refractivity (Wildman–Crippen MR) is 84.7 cm³/mol. The fourth-order valence-electron chi connectivity index (χ4n) is 3.12. The van der Waals surface area contributed by atoms with Crippen LogP contribution in [0.5, 0.6) is 0 Å². The average Bonchev–Trinajstić information content (AvgIpc) is 3.28. The Morgan fingerprint density at radius 3 is 2.79 bits per heavy atom. The first kappa shape index (κ1) is 15.1. The number of hydrogen-bond acceptors (Lipinski definition) is 7. The van der Waals surface area contributed by atoms with E-state index in [1.165, 1.54) is 6.33 Å². The van der Waals surface area contributed by atoms with Crippen molar-refractivity contribution in [3.05, 3.63) is 31.0 Å². The van der Waals surface area contributed by atoms with Gasteiger partial charge in [0.15, 0.2) is 6.23 Å².